The molecule has 5 rings (SSSR count). The van der Waals surface area contributed by atoms with E-state index in [9.17, 15) is 9.59 Å². The van der Waals surface area contributed by atoms with Crippen LogP contribution in [0.15, 0.2) is 30.3 Å². The molecule has 0 aliphatic heterocycles. The Kier molecular flexibility index (Phi) is 4.92. The Morgan fingerprint density at radius 3 is 2.52 bits per heavy atom. The molecule has 0 N–H and O–H groups in total. The number of carbonyl (C=O) groups is 2. The van der Waals surface area contributed by atoms with E-state index in [1.807, 2.05) is 18.2 Å². The fraction of sp³-hybridized carbons (Fsp3) is 0.714. The maximum atomic E-state index is 13.5. The lowest BCUT2D eigenvalue weighted by molar-refractivity contribution is -0.187. The van der Waals surface area contributed by atoms with Gasteiger partial charge in [-0.25, -0.2) is 0 Å². The summed E-state index contributed by atoms with van der Waals surface area (Å²) in [5.41, 5.74) is 1.09. The summed E-state index contributed by atoms with van der Waals surface area (Å²) in [4.78, 5) is 26.3. The molecule has 4 aliphatic carbocycles. The van der Waals surface area contributed by atoms with Gasteiger partial charge in [0.15, 0.2) is 0 Å². The highest BCUT2D eigenvalue weighted by Crippen LogP contribution is 2.73. The lowest BCUT2D eigenvalue weighted by atomic mass is 9.40. The normalized spacial score (nSPS) is 43.8. The third-order valence-corrected chi connectivity index (χ3v) is 10.3. The second-order valence-corrected chi connectivity index (χ2v) is 12.0. The highest BCUT2D eigenvalue weighted by atomic mass is 16.5. The van der Waals surface area contributed by atoms with Crippen LogP contribution < -0.4 is 0 Å². The van der Waals surface area contributed by atoms with Gasteiger partial charge in [-0.3, -0.25) is 9.59 Å². The van der Waals surface area contributed by atoms with Gasteiger partial charge in [0.1, 0.15) is 5.78 Å². The number of hydrogen-bond donors (Lipinski definition) is 0. The first kappa shape index (κ1) is 21.2. The van der Waals surface area contributed by atoms with E-state index in [1.165, 1.54) is 12.0 Å². The van der Waals surface area contributed by atoms with Gasteiger partial charge >= 0.3 is 5.97 Å². The first-order chi connectivity index (χ1) is 14.7. The first-order valence-corrected chi connectivity index (χ1v) is 12.5. The van der Waals surface area contributed by atoms with Crippen LogP contribution in [0.3, 0.4) is 0 Å². The lowest BCUT2D eigenvalue weighted by Crippen LogP contribution is -2.58. The number of esters is 1. The molecule has 0 unspecified atom stereocenters. The molecule has 4 aliphatic rings. The molecular weight excluding hydrogens is 384 g/mol. The molecule has 0 radical (unpaired) electrons. The smallest absolute Gasteiger partial charge is 0.312 e. The Bertz CT molecular complexity index is 878. The summed E-state index contributed by atoms with van der Waals surface area (Å²) in [5.74, 6) is 1.47. The van der Waals surface area contributed by atoms with Crippen molar-refractivity contribution in [1.82, 2.24) is 0 Å². The third kappa shape index (κ3) is 3.13. The third-order valence-electron chi connectivity index (χ3n) is 10.3. The molecule has 0 saturated heterocycles. The van der Waals surface area contributed by atoms with Crippen molar-refractivity contribution in [3.8, 4) is 0 Å². The van der Waals surface area contributed by atoms with E-state index in [2.05, 4.69) is 32.9 Å². The van der Waals surface area contributed by atoms with Crippen LogP contribution in [-0.2, 0) is 20.7 Å². The summed E-state index contributed by atoms with van der Waals surface area (Å²) >= 11 is 0. The summed E-state index contributed by atoms with van der Waals surface area (Å²) in [6.07, 6.45) is 10.3. The van der Waals surface area contributed by atoms with E-state index in [4.69, 9.17) is 4.74 Å². The summed E-state index contributed by atoms with van der Waals surface area (Å²) in [6, 6.07) is 10.3. The number of ether oxygens (including phenoxy) is 1. The van der Waals surface area contributed by atoms with Crippen LogP contribution in [0.4, 0.5) is 0 Å². The monoisotopic (exact) mass is 422 g/mol. The average Bonchev–Trinajstić information content (AvgIpc) is 2.92. The van der Waals surface area contributed by atoms with Crippen molar-refractivity contribution < 1.29 is 14.3 Å². The summed E-state index contributed by atoms with van der Waals surface area (Å²) in [5, 5.41) is 0. The average molecular weight is 423 g/mol. The van der Waals surface area contributed by atoms with Crippen LogP contribution in [0.2, 0.25) is 0 Å². The van der Waals surface area contributed by atoms with Gasteiger partial charge in [-0.1, -0.05) is 50.6 Å². The van der Waals surface area contributed by atoms with Gasteiger partial charge in [0.2, 0.25) is 0 Å². The zero-order chi connectivity index (χ0) is 21.9. The number of rotatable bonds is 4. The van der Waals surface area contributed by atoms with Crippen LogP contribution in [-0.4, -0.2) is 18.4 Å². The summed E-state index contributed by atoms with van der Waals surface area (Å²) in [6.45, 7) is 7.32. The van der Waals surface area contributed by atoms with Crippen LogP contribution in [0, 0.1) is 33.5 Å². The van der Waals surface area contributed by atoms with Gasteiger partial charge in [0, 0.05) is 18.3 Å². The van der Waals surface area contributed by atoms with Gasteiger partial charge in [-0.05, 0) is 80.1 Å². The molecule has 0 aromatic heterocycles. The molecule has 0 heterocycles. The van der Waals surface area contributed by atoms with Gasteiger partial charge in [0.25, 0.3) is 0 Å². The molecule has 2 bridgehead atoms. The van der Waals surface area contributed by atoms with E-state index in [-0.39, 0.29) is 22.2 Å². The number of benzene rings is 1. The summed E-state index contributed by atoms with van der Waals surface area (Å²) < 4.78 is 5.92. The molecule has 3 nitrogen and oxygen atoms in total. The number of ketones is 1. The van der Waals surface area contributed by atoms with Crippen LogP contribution in [0.25, 0.3) is 0 Å². The van der Waals surface area contributed by atoms with Crippen molar-refractivity contribution in [1.29, 1.82) is 0 Å². The number of carbonyl (C=O) groups excluding carboxylic acids is 2. The van der Waals surface area contributed by atoms with Gasteiger partial charge < -0.3 is 4.74 Å². The Hall–Kier alpha value is -1.64. The van der Waals surface area contributed by atoms with Crippen molar-refractivity contribution in [2.75, 3.05) is 6.61 Å². The topological polar surface area (TPSA) is 43.4 Å². The fourth-order valence-electron chi connectivity index (χ4n) is 8.82. The molecule has 3 heteroatoms. The molecule has 4 saturated carbocycles. The van der Waals surface area contributed by atoms with Crippen LogP contribution in [0.1, 0.15) is 84.1 Å². The predicted octanol–water partition coefficient (Wildman–Crippen LogP) is 6.14. The highest BCUT2D eigenvalue weighted by Gasteiger charge is 2.68. The largest absolute Gasteiger partial charge is 0.465 e. The van der Waals surface area contributed by atoms with Crippen molar-refractivity contribution in [2.24, 2.45) is 33.5 Å². The first-order valence-electron chi connectivity index (χ1n) is 12.5. The molecule has 1 aromatic rings. The maximum Gasteiger partial charge on any atom is 0.312 e. The Morgan fingerprint density at radius 1 is 1.00 bits per heavy atom. The van der Waals surface area contributed by atoms with Gasteiger partial charge in [0.05, 0.1) is 12.0 Å². The second kappa shape index (κ2) is 7.18. The number of hydrogen-bond acceptors (Lipinski definition) is 3. The fourth-order valence-corrected chi connectivity index (χ4v) is 8.82. The van der Waals surface area contributed by atoms with Crippen molar-refractivity contribution in [3.63, 3.8) is 0 Å². The predicted molar refractivity (Wildman–Crippen MR) is 121 cm³/mol. The standard InChI is InChI=1S/C28H38O3/c1-25-15-10-22-26(2)13-7-14-27(3,21(26)11-16-28(22,19-25)18-23(25)29)24(30)31-17-12-20-8-5-4-6-9-20/h4-6,8-9,21-22H,7,10-19H2,1-3H3/t21-,22-,25-,26+,27+,28-/m0/s1. The highest BCUT2D eigenvalue weighted by molar-refractivity contribution is 5.88. The molecule has 0 amide bonds. The molecule has 31 heavy (non-hydrogen) atoms. The molecule has 6 atom stereocenters. The zero-order valence-corrected chi connectivity index (χ0v) is 19.5. The minimum absolute atomic E-state index is 0.0125. The van der Waals surface area contributed by atoms with Crippen molar-refractivity contribution >= 4 is 11.8 Å². The van der Waals surface area contributed by atoms with Gasteiger partial charge in [-0.15, -0.1) is 0 Å². The SMILES string of the molecule is C[C@@]12CC[C@@H]3[C@@](CC[C@H]4[C@@]3(C)CCC[C@@]4(C)C(=O)OCCc3ccccc3)(CC1=O)C2. The molecule has 1 aromatic carbocycles. The quantitative estimate of drug-likeness (QED) is 0.547. The minimum Gasteiger partial charge on any atom is -0.465 e. The lowest BCUT2D eigenvalue weighted by Gasteiger charge is -2.63. The van der Waals surface area contributed by atoms with E-state index in [0.29, 0.717) is 24.2 Å². The van der Waals surface area contributed by atoms with Crippen molar-refractivity contribution in [2.45, 2.75) is 85.0 Å². The van der Waals surface area contributed by atoms with E-state index in [1.54, 1.807) is 0 Å². The summed E-state index contributed by atoms with van der Waals surface area (Å²) in [7, 11) is 0. The molecular formula is C28H38O3. The Balaban J connectivity index is 1.34. The van der Waals surface area contributed by atoms with E-state index >= 15 is 0 Å². The molecule has 4 fully saturated rings. The van der Waals surface area contributed by atoms with Crippen LogP contribution in [0.5, 0.6) is 0 Å². The molecule has 1 spiro atoms. The Morgan fingerprint density at radius 2 is 1.74 bits per heavy atom. The number of fused-ring (bicyclic) bond motifs is 3. The van der Waals surface area contributed by atoms with Gasteiger partial charge in [-0.2, -0.15) is 0 Å². The zero-order valence-electron chi connectivity index (χ0n) is 19.5. The van der Waals surface area contributed by atoms with E-state index < -0.39 is 5.41 Å². The second-order valence-electron chi connectivity index (χ2n) is 12.0. The Labute approximate surface area is 187 Å². The van der Waals surface area contributed by atoms with Crippen LogP contribution >= 0.6 is 0 Å². The molecule has 168 valence electrons. The van der Waals surface area contributed by atoms with Crippen molar-refractivity contribution in [3.05, 3.63) is 35.9 Å². The number of Topliss-reactive ketones (excluding diaryl/α,β-unsaturated/α-hetero) is 1. The maximum absolute atomic E-state index is 13.5. The van der Waals surface area contributed by atoms with E-state index in [0.717, 1.165) is 57.8 Å². The minimum atomic E-state index is -0.394.